The van der Waals surface area contributed by atoms with Gasteiger partial charge in [0.05, 0.1) is 19.9 Å². The Kier molecular flexibility index (Phi) is 1.94. The number of epoxide rings is 1. The molecule has 0 aromatic heterocycles. The molecule has 0 amide bonds. The summed E-state index contributed by atoms with van der Waals surface area (Å²) in [7, 11) is -1.02. The van der Waals surface area contributed by atoms with Crippen LogP contribution in [0.5, 0.6) is 0 Å². The van der Waals surface area contributed by atoms with Crippen molar-refractivity contribution in [2.75, 3.05) is 6.61 Å². The first-order valence-corrected chi connectivity index (χ1v) is 7.66. The van der Waals surface area contributed by atoms with Crippen LogP contribution >= 0.6 is 0 Å². The van der Waals surface area contributed by atoms with E-state index in [0.29, 0.717) is 5.22 Å². The average molecular weight is 158 g/mol. The molecule has 0 aliphatic carbocycles. The van der Waals surface area contributed by atoms with E-state index in [4.69, 9.17) is 4.74 Å². The predicted molar refractivity (Wildman–Crippen MR) is 46.9 cm³/mol. The fraction of sp³-hybridized carbons (Fsp3) is 1.00. The number of rotatable bonds is 3. The molecule has 1 aliphatic rings. The third-order valence-electron chi connectivity index (χ3n) is 2.51. The minimum Gasteiger partial charge on any atom is -0.373 e. The summed E-state index contributed by atoms with van der Waals surface area (Å²) >= 11 is 0. The summed E-state index contributed by atoms with van der Waals surface area (Å²) in [5.41, 5.74) is 0. The van der Waals surface area contributed by atoms with Gasteiger partial charge in [-0.3, -0.25) is 0 Å². The van der Waals surface area contributed by atoms with Crippen molar-refractivity contribution in [3.63, 3.8) is 0 Å². The molecule has 1 fully saturated rings. The lowest BCUT2D eigenvalue weighted by molar-refractivity contribution is 0.353. The number of hydrogen-bond donors (Lipinski definition) is 0. The van der Waals surface area contributed by atoms with E-state index in [0.717, 1.165) is 6.61 Å². The zero-order valence-corrected chi connectivity index (χ0v) is 8.53. The molecule has 0 saturated carbocycles. The Morgan fingerprint density at radius 2 is 1.90 bits per heavy atom. The van der Waals surface area contributed by atoms with Crippen molar-refractivity contribution in [1.82, 2.24) is 0 Å². The van der Waals surface area contributed by atoms with Crippen molar-refractivity contribution in [3.05, 3.63) is 0 Å². The first-order valence-electron chi connectivity index (χ1n) is 4.16. The normalized spacial score (nSPS) is 32.4. The van der Waals surface area contributed by atoms with E-state index < -0.39 is 8.07 Å². The van der Waals surface area contributed by atoms with Crippen molar-refractivity contribution in [2.24, 2.45) is 0 Å². The molecule has 1 unspecified atom stereocenters. The maximum absolute atomic E-state index is 5.56. The molecule has 0 aromatic carbocycles. The molecule has 0 N–H and O–H groups in total. The standard InChI is InChI=1S/C8H18OSi/c1-5-6-8(7-9-8)10(2,3)4/h5-7H2,1-4H3. The molecule has 2 heteroatoms. The van der Waals surface area contributed by atoms with Crippen LogP contribution in [0.2, 0.25) is 19.6 Å². The van der Waals surface area contributed by atoms with Crippen LogP contribution in [0.1, 0.15) is 19.8 Å². The van der Waals surface area contributed by atoms with Gasteiger partial charge in [-0.25, -0.2) is 0 Å². The minimum absolute atomic E-state index is 0.377. The molecule has 1 rings (SSSR count). The maximum Gasteiger partial charge on any atom is 0.0854 e. The molecule has 1 atom stereocenters. The zero-order chi connectivity index (χ0) is 7.83. The molecule has 0 bridgehead atoms. The van der Waals surface area contributed by atoms with Crippen molar-refractivity contribution in [1.29, 1.82) is 0 Å². The van der Waals surface area contributed by atoms with E-state index in [2.05, 4.69) is 26.6 Å². The van der Waals surface area contributed by atoms with Gasteiger partial charge in [0.25, 0.3) is 0 Å². The second kappa shape index (κ2) is 2.34. The number of hydrogen-bond acceptors (Lipinski definition) is 1. The Labute approximate surface area is 64.8 Å². The van der Waals surface area contributed by atoms with Crippen LogP contribution in [0.4, 0.5) is 0 Å². The molecule has 1 aliphatic heterocycles. The predicted octanol–water partition coefficient (Wildman–Crippen LogP) is 2.43. The topological polar surface area (TPSA) is 12.5 Å². The molecular weight excluding hydrogens is 140 g/mol. The molecule has 1 heterocycles. The lowest BCUT2D eigenvalue weighted by Crippen LogP contribution is -2.41. The summed E-state index contributed by atoms with van der Waals surface area (Å²) in [5, 5.41) is 0.377. The third kappa shape index (κ3) is 1.27. The summed E-state index contributed by atoms with van der Waals surface area (Å²) in [5.74, 6) is 0. The SMILES string of the molecule is CCCC1([Si](C)(C)C)CO1. The van der Waals surface area contributed by atoms with Crippen molar-refractivity contribution in [3.8, 4) is 0 Å². The zero-order valence-electron chi connectivity index (χ0n) is 7.53. The fourth-order valence-electron chi connectivity index (χ4n) is 1.44. The highest BCUT2D eigenvalue weighted by molar-refractivity contribution is 6.79. The van der Waals surface area contributed by atoms with Crippen molar-refractivity contribution < 1.29 is 4.74 Å². The molecule has 1 saturated heterocycles. The van der Waals surface area contributed by atoms with Crippen molar-refractivity contribution in [2.45, 2.75) is 44.6 Å². The van der Waals surface area contributed by atoms with Gasteiger partial charge in [-0.15, -0.1) is 0 Å². The molecule has 0 spiro atoms. The highest BCUT2D eigenvalue weighted by atomic mass is 28.3. The lowest BCUT2D eigenvalue weighted by atomic mass is 10.3. The largest absolute Gasteiger partial charge is 0.373 e. The van der Waals surface area contributed by atoms with Gasteiger partial charge in [-0.2, -0.15) is 0 Å². The quantitative estimate of drug-likeness (QED) is 0.454. The lowest BCUT2D eigenvalue weighted by Gasteiger charge is -2.24. The van der Waals surface area contributed by atoms with Gasteiger partial charge in [-0.05, 0) is 6.42 Å². The van der Waals surface area contributed by atoms with E-state index in [1.165, 1.54) is 12.8 Å². The first kappa shape index (κ1) is 8.28. The van der Waals surface area contributed by atoms with E-state index in [9.17, 15) is 0 Å². The van der Waals surface area contributed by atoms with Crippen LogP contribution < -0.4 is 0 Å². The first-order chi connectivity index (χ1) is 4.52. The van der Waals surface area contributed by atoms with Gasteiger partial charge in [0.1, 0.15) is 0 Å². The van der Waals surface area contributed by atoms with Gasteiger partial charge < -0.3 is 4.74 Å². The van der Waals surface area contributed by atoms with E-state index >= 15 is 0 Å². The second-order valence-corrected chi connectivity index (χ2v) is 9.69. The number of ether oxygens (including phenoxy) is 1. The molecule has 60 valence electrons. The Morgan fingerprint density at radius 1 is 1.40 bits per heavy atom. The molecule has 0 radical (unpaired) electrons. The van der Waals surface area contributed by atoms with Crippen molar-refractivity contribution >= 4 is 8.07 Å². The third-order valence-corrected chi connectivity index (χ3v) is 5.79. The Bertz CT molecular complexity index is 122. The molecule has 10 heavy (non-hydrogen) atoms. The van der Waals surface area contributed by atoms with Crippen LogP contribution in [-0.4, -0.2) is 19.9 Å². The molecule has 1 nitrogen and oxygen atoms in total. The summed E-state index contributed by atoms with van der Waals surface area (Å²) in [4.78, 5) is 0. The molecular formula is C8H18OSi. The summed E-state index contributed by atoms with van der Waals surface area (Å²) < 4.78 is 5.56. The summed E-state index contributed by atoms with van der Waals surface area (Å²) in [6, 6.07) is 0. The van der Waals surface area contributed by atoms with E-state index in [1.807, 2.05) is 0 Å². The van der Waals surface area contributed by atoms with Gasteiger partial charge in [-0.1, -0.05) is 33.0 Å². The van der Waals surface area contributed by atoms with E-state index in [-0.39, 0.29) is 0 Å². The van der Waals surface area contributed by atoms with Gasteiger partial charge >= 0.3 is 0 Å². The highest BCUT2D eigenvalue weighted by Gasteiger charge is 2.53. The van der Waals surface area contributed by atoms with Crippen LogP contribution in [0.3, 0.4) is 0 Å². The summed E-state index contributed by atoms with van der Waals surface area (Å²) in [6.45, 7) is 10.5. The van der Waals surface area contributed by atoms with Crippen LogP contribution in [0.15, 0.2) is 0 Å². The monoisotopic (exact) mass is 158 g/mol. The highest BCUT2D eigenvalue weighted by Crippen LogP contribution is 2.40. The van der Waals surface area contributed by atoms with Gasteiger partial charge in [0, 0.05) is 0 Å². The fourth-order valence-corrected chi connectivity index (χ4v) is 3.38. The van der Waals surface area contributed by atoms with Gasteiger partial charge in [0.2, 0.25) is 0 Å². The maximum atomic E-state index is 5.56. The Balaban J connectivity index is 2.52. The van der Waals surface area contributed by atoms with Crippen LogP contribution in [0.25, 0.3) is 0 Å². The average Bonchev–Trinajstić information content (AvgIpc) is 2.45. The van der Waals surface area contributed by atoms with Gasteiger partial charge in [0.15, 0.2) is 0 Å². The van der Waals surface area contributed by atoms with Crippen LogP contribution in [-0.2, 0) is 4.74 Å². The van der Waals surface area contributed by atoms with Crippen LogP contribution in [0, 0.1) is 0 Å². The van der Waals surface area contributed by atoms with E-state index in [1.54, 1.807) is 0 Å². The molecule has 0 aromatic rings. The Morgan fingerprint density at radius 3 is 2.00 bits per heavy atom. The smallest absolute Gasteiger partial charge is 0.0854 e. The second-order valence-electron chi connectivity index (χ2n) is 4.28. The minimum atomic E-state index is -1.02. The summed E-state index contributed by atoms with van der Waals surface area (Å²) in [6.07, 6.45) is 2.55. The Hall–Kier alpha value is 0.177.